The largest absolute Gasteiger partial charge is 0.456 e. The lowest BCUT2D eigenvalue weighted by Gasteiger charge is -2.21. The molecule has 684 valence electrons. The highest BCUT2D eigenvalue weighted by Crippen LogP contribution is 2.55. The molecule has 30 rings (SSSR count). The number of hydrogen-bond donors (Lipinski definition) is 0. The Kier molecular flexibility index (Phi) is 21.0. The summed E-state index contributed by atoms with van der Waals surface area (Å²) in [5, 5.41) is 29.2. The molecule has 0 saturated heterocycles. The summed E-state index contributed by atoms with van der Waals surface area (Å²) in [6.07, 6.45) is 0. The van der Waals surface area contributed by atoms with Crippen molar-refractivity contribution >= 4 is 163 Å². The summed E-state index contributed by atoms with van der Waals surface area (Å²) in [6, 6.07) is 197. The first-order valence-corrected chi connectivity index (χ1v) is 50.6. The molecule has 0 aliphatic carbocycles. The van der Waals surface area contributed by atoms with Crippen LogP contribution in [0.3, 0.4) is 0 Å². The third-order valence-corrected chi connectivity index (χ3v) is 30.2. The second-order valence-electron chi connectivity index (χ2n) is 38.4. The fourth-order valence-corrected chi connectivity index (χ4v) is 23.6. The molecule has 0 N–H and O–H groups in total. The van der Waals surface area contributed by atoms with Gasteiger partial charge in [-0.15, -0.1) is 0 Å². The predicted molar refractivity (Wildman–Crippen MR) is 624 cm³/mol. The maximum atomic E-state index is 6.57. The van der Waals surface area contributed by atoms with E-state index >= 15 is 0 Å². The van der Waals surface area contributed by atoms with E-state index in [9.17, 15) is 0 Å². The number of rotatable bonds is 12. The Hall–Kier alpha value is -19.3. The van der Waals surface area contributed by atoms with Gasteiger partial charge in [0.15, 0.2) is 0 Å². The smallest absolute Gasteiger partial charge is 0.143 e. The molecule has 0 unspecified atom stereocenters. The molecule has 147 heavy (non-hydrogen) atoms. The molecule has 3 aromatic heterocycles. The SMILES string of the molecule is c1ccc(-c2c(-c3c4ccccc4c(-c4cc(-c5ccccc5)c5oc6ccccc6c5c4)c4ccccc34)ccc3ccccc23)cc1.c1ccc(-c2ccc(-c3c4ccccc4c(-c4cc(-c5ccccc5)c5oc6ccccc6c5c4)c4ccccc34)c3ccccc23)cc1.c1ccc(-c2ccc3cccc(-c4c5ccccc5c(-c5ccc6oc7ccc(-c8ccccc8)cc7c6c5)c5ccccc45)c3c2)cc1. The van der Waals surface area contributed by atoms with Gasteiger partial charge in [-0.05, 0) is 286 Å². The third kappa shape index (κ3) is 14.7. The van der Waals surface area contributed by atoms with Gasteiger partial charge in [-0.2, -0.15) is 0 Å². The van der Waals surface area contributed by atoms with Gasteiger partial charge in [0.2, 0.25) is 0 Å². The number of furan rings is 3. The van der Waals surface area contributed by atoms with Crippen LogP contribution < -0.4 is 0 Å². The summed E-state index contributed by atoms with van der Waals surface area (Å²) in [4.78, 5) is 0. The zero-order valence-corrected chi connectivity index (χ0v) is 80.2. The van der Waals surface area contributed by atoms with E-state index in [-0.39, 0.29) is 0 Å². The first kappa shape index (κ1) is 85.6. The summed E-state index contributed by atoms with van der Waals surface area (Å²) in [5.41, 5.74) is 34.5. The molecule has 0 spiro atoms. The fraction of sp³-hybridized carbons (Fsp3) is 0. The van der Waals surface area contributed by atoms with Crippen molar-refractivity contribution in [3.05, 3.63) is 546 Å². The van der Waals surface area contributed by atoms with E-state index in [2.05, 4.69) is 534 Å². The van der Waals surface area contributed by atoms with Gasteiger partial charge in [-0.1, -0.05) is 479 Å². The third-order valence-electron chi connectivity index (χ3n) is 30.2. The summed E-state index contributed by atoms with van der Waals surface area (Å²) in [5.74, 6) is 0. The van der Waals surface area contributed by atoms with Crippen molar-refractivity contribution in [2.75, 3.05) is 0 Å². The maximum absolute atomic E-state index is 6.57. The zero-order valence-electron chi connectivity index (χ0n) is 80.2. The quantitative estimate of drug-likeness (QED) is 0.114. The highest BCUT2D eigenvalue weighted by atomic mass is 16.3. The van der Waals surface area contributed by atoms with Crippen molar-refractivity contribution in [1.29, 1.82) is 0 Å². The van der Waals surface area contributed by atoms with E-state index in [0.29, 0.717) is 0 Å². The van der Waals surface area contributed by atoms with Crippen LogP contribution in [0.15, 0.2) is 559 Å². The molecule has 3 heteroatoms. The van der Waals surface area contributed by atoms with Crippen molar-refractivity contribution < 1.29 is 13.3 Å². The highest BCUT2D eigenvalue weighted by Gasteiger charge is 2.28. The van der Waals surface area contributed by atoms with Crippen LogP contribution in [-0.4, -0.2) is 0 Å². The Morgan fingerprint density at radius 1 is 0.0952 bits per heavy atom. The van der Waals surface area contributed by atoms with Gasteiger partial charge in [-0.3, -0.25) is 0 Å². The van der Waals surface area contributed by atoms with Gasteiger partial charge >= 0.3 is 0 Å². The lowest BCUT2D eigenvalue weighted by atomic mass is 9.82. The van der Waals surface area contributed by atoms with Crippen LogP contribution in [0.1, 0.15) is 0 Å². The molecule has 0 aliphatic rings. The first-order chi connectivity index (χ1) is 73.0. The molecule has 30 aromatic rings. The average molecular weight is 1870 g/mol. The second-order valence-corrected chi connectivity index (χ2v) is 38.4. The Morgan fingerprint density at radius 2 is 0.361 bits per heavy atom. The summed E-state index contributed by atoms with van der Waals surface area (Å²) in [6.45, 7) is 0. The molecule has 27 aromatic carbocycles. The number of hydrogen-bond acceptors (Lipinski definition) is 3. The molecule has 0 atom stereocenters. The molecule has 0 aliphatic heterocycles. The highest BCUT2D eigenvalue weighted by molar-refractivity contribution is 6.30. The summed E-state index contributed by atoms with van der Waals surface area (Å²) >= 11 is 0. The number of benzene rings is 27. The van der Waals surface area contributed by atoms with Crippen molar-refractivity contribution in [1.82, 2.24) is 0 Å². The van der Waals surface area contributed by atoms with Crippen molar-refractivity contribution in [3.8, 4) is 134 Å². The van der Waals surface area contributed by atoms with Gasteiger partial charge in [0, 0.05) is 43.4 Å². The minimum atomic E-state index is 0.902. The first-order valence-electron chi connectivity index (χ1n) is 50.6. The van der Waals surface area contributed by atoms with Crippen LogP contribution in [0.2, 0.25) is 0 Å². The van der Waals surface area contributed by atoms with Crippen LogP contribution >= 0.6 is 0 Å². The Bertz CT molecular complexity index is 10300. The number of para-hydroxylation sites is 2. The molecule has 0 amide bonds. The van der Waals surface area contributed by atoms with Crippen LogP contribution in [-0.2, 0) is 0 Å². The molecular formula is C144H90O3. The topological polar surface area (TPSA) is 39.4 Å². The molecule has 0 radical (unpaired) electrons. The van der Waals surface area contributed by atoms with E-state index in [1.54, 1.807) is 0 Å². The van der Waals surface area contributed by atoms with E-state index in [4.69, 9.17) is 13.3 Å². The van der Waals surface area contributed by atoms with E-state index in [1.807, 2.05) is 12.1 Å². The van der Waals surface area contributed by atoms with Gasteiger partial charge < -0.3 is 13.3 Å². The normalized spacial score (nSPS) is 11.7. The molecule has 0 bridgehead atoms. The van der Waals surface area contributed by atoms with Crippen LogP contribution in [0.4, 0.5) is 0 Å². The zero-order chi connectivity index (χ0) is 96.9. The van der Waals surface area contributed by atoms with Crippen molar-refractivity contribution in [2.24, 2.45) is 0 Å². The van der Waals surface area contributed by atoms with Gasteiger partial charge in [0.25, 0.3) is 0 Å². The van der Waals surface area contributed by atoms with E-state index < -0.39 is 0 Å². The van der Waals surface area contributed by atoms with Crippen molar-refractivity contribution in [3.63, 3.8) is 0 Å². The van der Waals surface area contributed by atoms with Gasteiger partial charge in [0.05, 0.1) is 0 Å². The Balaban J connectivity index is 0.000000107. The van der Waals surface area contributed by atoms with Crippen LogP contribution in [0.5, 0.6) is 0 Å². The molecule has 3 heterocycles. The molecule has 0 fully saturated rings. The minimum absolute atomic E-state index is 0.902. The van der Waals surface area contributed by atoms with Gasteiger partial charge in [0.1, 0.15) is 33.5 Å². The van der Waals surface area contributed by atoms with Crippen molar-refractivity contribution in [2.45, 2.75) is 0 Å². The lowest BCUT2D eigenvalue weighted by molar-refractivity contribution is 0.669. The van der Waals surface area contributed by atoms with Crippen LogP contribution in [0.25, 0.3) is 296 Å². The van der Waals surface area contributed by atoms with E-state index in [1.165, 1.54) is 208 Å². The monoisotopic (exact) mass is 1870 g/mol. The summed E-state index contributed by atoms with van der Waals surface area (Å²) in [7, 11) is 0. The second kappa shape index (κ2) is 36.0. The standard InChI is InChI=1S/3C48H30O/c1-3-12-31(13-4-1)34-23-22-33-16-11-21-41(42(33)28-34)48-39-19-9-7-17-37(39)47(38-18-8-10-20-40(38)48)36-25-27-46-44(30-36)43-29-35(24-26-45(43)49-46)32-14-5-2-6-15-32;1-3-15-31(16-4-1)42-29-34(30-43-36-21-13-14-26-44(36)49-48(42)43)46-37-22-9-11-24-39(37)47(40-25-12-10-23-38(40)46)41-28-27-32-17-7-8-20-35(32)45(41)33-18-5-2-6-19-33;1-3-15-31(16-4-1)34-27-28-42(36-20-8-7-19-35(34)36)47-40-24-11-9-22-38(40)46(39-23-10-12-25-41(39)47)33-29-43(32-17-5-2-6-18-32)48-44(30-33)37-21-13-14-26-45(37)49-48/h3*1-30H. The van der Waals surface area contributed by atoms with Crippen LogP contribution in [0, 0.1) is 0 Å². The number of fused-ring (bicyclic) bond motifs is 18. The Labute approximate surface area is 849 Å². The van der Waals surface area contributed by atoms with E-state index in [0.717, 1.165) is 88.1 Å². The molecule has 0 saturated carbocycles. The summed E-state index contributed by atoms with van der Waals surface area (Å²) < 4.78 is 19.5. The predicted octanol–water partition coefficient (Wildman–Crippen LogP) is 41.1. The minimum Gasteiger partial charge on any atom is -0.456 e. The average Bonchev–Trinajstić information content (AvgIpc) is 1.67. The molecule has 3 nitrogen and oxygen atoms in total. The Morgan fingerprint density at radius 3 is 0.796 bits per heavy atom. The maximum Gasteiger partial charge on any atom is 0.143 e. The lowest BCUT2D eigenvalue weighted by Crippen LogP contribution is -1.94. The fourth-order valence-electron chi connectivity index (χ4n) is 23.6. The molecular weight excluding hydrogens is 1780 g/mol. The van der Waals surface area contributed by atoms with Gasteiger partial charge in [-0.25, -0.2) is 0 Å².